The van der Waals surface area contributed by atoms with Gasteiger partial charge in [-0.2, -0.15) is 0 Å². The second-order valence-corrected chi connectivity index (χ2v) is 8.46. The maximum Gasteiger partial charge on any atom is 0.242 e. The third-order valence-electron chi connectivity index (χ3n) is 5.78. The molecule has 0 aromatic heterocycles. The van der Waals surface area contributed by atoms with Gasteiger partial charge in [0.2, 0.25) is 11.8 Å². The number of guanidine groups is 1. The Hall–Kier alpha value is -4.17. The number of nitrogens with one attached hydrogen (secondary N) is 2. The zero-order valence-corrected chi connectivity index (χ0v) is 20.1. The molecule has 2 amide bonds. The maximum absolute atomic E-state index is 13.6. The molecule has 0 aliphatic rings. The van der Waals surface area contributed by atoms with Gasteiger partial charge in [0.15, 0.2) is 5.96 Å². The highest BCUT2D eigenvalue weighted by atomic mass is 16.3. The molecule has 0 radical (unpaired) electrons. The number of nitrogens with two attached hydrogens (primary N) is 2. The highest BCUT2D eigenvalue weighted by Gasteiger charge is 2.27. The summed E-state index contributed by atoms with van der Waals surface area (Å²) in [4.78, 5) is 30.7. The second kappa shape index (κ2) is 13.7. The van der Waals surface area contributed by atoms with Crippen molar-refractivity contribution in [2.24, 2.45) is 16.5 Å². The number of nitrogens with zero attached hydrogens (tertiary/aromatic N) is 1. The van der Waals surface area contributed by atoms with E-state index in [1.807, 2.05) is 72.8 Å². The van der Waals surface area contributed by atoms with E-state index in [0.29, 0.717) is 25.9 Å². The van der Waals surface area contributed by atoms with Crippen LogP contribution >= 0.6 is 0 Å². The van der Waals surface area contributed by atoms with Gasteiger partial charge >= 0.3 is 0 Å². The lowest BCUT2D eigenvalue weighted by Gasteiger charge is -2.23. The van der Waals surface area contributed by atoms with Crippen LogP contribution in [0.15, 0.2) is 89.9 Å². The van der Waals surface area contributed by atoms with Crippen LogP contribution in [0.25, 0.3) is 0 Å². The Morgan fingerprint density at radius 2 is 1.36 bits per heavy atom. The van der Waals surface area contributed by atoms with Crippen LogP contribution in [0.1, 0.15) is 41.0 Å². The number of aliphatic imine (C=N–C) groups is 1. The molecule has 8 heteroatoms. The molecule has 0 unspecified atom stereocenters. The van der Waals surface area contributed by atoms with Crippen LogP contribution in [0.5, 0.6) is 0 Å². The fourth-order valence-electron chi connectivity index (χ4n) is 3.89. The lowest BCUT2D eigenvalue weighted by molar-refractivity contribution is -0.129. The standard InChI is InChI=1S/C28H33N5O3/c29-28(30)31-17-7-12-24(26(35)32-18-20-13-15-21(19-34)16-14-20)33-27(36)25(22-8-3-1-4-9-22)23-10-5-2-6-11-23/h1-6,8-11,13-16,24-25,34H,7,12,17-19H2,(H,32,35)(H,33,36)(H4,29,30,31)/t24-/m0/s1. The van der Waals surface area contributed by atoms with Crippen molar-refractivity contribution >= 4 is 17.8 Å². The molecule has 0 saturated carbocycles. The van der Waals surface area contributed by atoms with Crippen molar-refractivity contribution in [3.05, 3.63) is 107 Å². The topological polar surface area (TPSA) is 143 Å². The van der Waals surface area contributed by atoms with Gasteiger partial charge in [0.25, 0.3) is 0 Å². The highest BCUT2D eigenvalue weighted by Crippen LogP contribution is 2.25. The third kappa shape index (κ3) is 7.95. The van der Waals surface area contributed by atoms with Crippen LogP contribution in [-0.4, -0.2) is 35.5 Å². The molecule has 0 spiro atoms. The van der Waals surface area contributed by atoms with Gasteiger partial charge in [-0.3, -0.25) is 14.6 Å². The number of hydrogen-bond donors (Lipinski definition) is 5. The van der Waals surface area contributed by atoms with Crippen LogP contribution in [0, 0.1) is 0 Å². The number of aliphatic hydroxyl groups is 1. The first-order valence-electron chi connectivity index (χ1n) is 11.9. The molecule has 3 aromatic carbocycles. The van der Waals surface area contributed by atoms with Crippen molar-refractivity contribution in [2.45, 2.75) is 38.0 Å². The van der Waals surface area contributed by atoms with Gasteiger partial charge in [0, 0.05) is 13.1 Å². The Morgan fingerprint density at radius 1 is 0.806 bits per heavy atom. The summed E-state index contributed by atoms with van der Waals surface area (Å²) in [5.74, 6) is -1.13. The molecule has 0 fully saturated rings. The minimum atomic E-state index is -0.765. The summed E-state index contributed by atoms with van der Waals surface area (Å²) in [6.45, 7) is 0.609. The van der Waals surface area contributed by atoms with Gasteiger partial charge in [0.05, 0.1) is 12.5 Å². The molecular weight excluding hydrogens is 454 g/mol. The van der Waals surface area contributed by atoms with Gasteiger partial charge in [0.1, 0.15) is 6.04 Å². The Labute approximate surface area is 211 Å². The third-order valence-corrected chi connectivity index (χ3v) is 5.78. The van der Waals surface area contributed by atoms with Crippen LogP contribution in [-0.2, 0) is 22.7 Å². The predicted molar refractivity (Wildman–Crippen MR) is 141 cm³/mol. The molecule has 0 bridgehead atoms. The van der Waals surface area contributed by atoms with E-state index in [1.54, 1.807) is 12.1 Å². The summed E-state index contributed by atoms with van der Waals surface area (Å²) < 4.78 is 0. The zero-order chi connectivity index (χ0) is 25.8. The number of benzene rings is 3. The van der Waals surface area contributed by atoms with Crippen molar-refractivity contribution in [3.8, 4) is 0 Å². The largest absolute Gasteiger partial charge is 0.392 e. The molecule has 188 valence electrons. The quantitative estimate of drug-likeness (QED) is 0.151. The molecule has 36 heavy (non-hydrogen) atoms. The van der Waals surface area contributed by atoms with Crippen molar-refractivity contribution in [3.63, 3.8) is 0 Å². The van der Waals surface area contributed by atoms with Gasteiger partial charge in [-0.25, -0.2) is 0 Å². The molecule has 8 nitrogen and oxygen atoms in total. The van der Waals surface area contributed by atoms with E-state index in [2.05, 4.69) is 15.6 Å². The minimum absolute atomic E-state index is 0.0143. The Bertz CT molecular complexity index is 1090. The summed E-state index contributed by atoms with van der Waals surface area (Å²) >= 11 is 0. The molecule has 0 aliphatic heterocycles. The zero-order valence-electron chi connectivity index (χ0n) is 20.1. The maximum atomic E-state index is 13.6. The number of rotatable bonds is 12. The van der Waals surface area contributed by atoms with Crippen molar-refractivity contribution < 1.29 is 14.7 Å². The first kappa shape index (κ1) is 26.4. The Kier molecular flexibility index (Phi) is 10.0. The summed E-state index contributed by atoms with van der Waals surface area (Å²) in [6.07, 6.45) is 0.886. The predicted octanol–water partition coefficient (Wildman–Crippen LogP) is 2.17. The lowest BCUT2D eigenvalue weighted by Crippen LogP contribution is -2.48. The first-order chi connectivity index (χ1) is 17.5. The SMILES string of the molecule is NC(N)=NCCC[C@H](NC(=O)C(c1ccccc1)c1ccccc1)C(=O)NCc1ccc(CO)cc1. The normalized spacial score (nSPS) is 11.5. The molecule has 0 saturated heterocycles. The summed E-state index contributed by atoms with van der Waals surface area (Å²) in [7, 11) is 0. The molecule has 0 aliphatic carbocycles. The monoisotopic (exact) mass is 487 g/mol. The fourth-order valence-corrected chi connectivity index (χ4v) is 3.89. The summed E-state index contributed by atoms with van der Waals surface area (Å²) in [5.41, 5.74) is 14.2. The average molecular weight is 488 g/mol. The van der Waals surface area contributed by atoms with Gasteiger partial charge in [-0.15, -0.1) is 0 Å². The summed E-state index contributed by atoms with van der Waals surface area (Å²) in [6, 6.07) is 25.5. The molecule has 1 atom stereocenters. The van der Waals surface area contributed by atoms with Gasteiger partial charge in [-0.05, 0) is 35.1 Å². The molecule has 3 aromatic rings. The second-order valence-electron chi connectivity index (χ2n) is 8.46. The lowest BCUT2D eigenvalue weighted by atomic mass is 9.90. The van der Waals surface area contributed by atoms with E-state index in [1.165, 1.54) is 0 Å². The van der Waals surface area contributed by atoms with E-state index in [0.717, 1.165) is 22.3 Å². The fraction of sp³-hybridized carbons (Fsp3) is 0.250. The Morgan fingerprint density at radius 3 is 1.89 bits per heavy atom. The first-order valence-corrected chi connectivity index (χ1v) is 11.9. The number of aliphatic hydroxyl groups excluding tert-OH is 1. The smallest absolute Gasteiger partial charge is 0.242 e. The molecular formula is C28H33N5O3. The van der Waals surface area contributed by atoms with E-state index in [9.17, 15) is 14.7 Å². The van der Waals surface area contributed by atoms with Crippen molar-refractivity contribution in [1.29, 1.82) is 0 Å². The van der Waals surface area contributed by atoms with Gasteiger partial charge in [-0.1, -0.05) is 84.9 Å². The van der Waals surface area contributed by atoms with E-state index in [4.69, 9.17) is 11.5 Å². The van der Waals surface area contributed by atoms with Crippen LogP contribution < -0.4 is 22.1 Å². The van der Waals surface area contributed by atoms with Crippen LogP contribution in [0.2, 0.25) is 0 Å². The van der Waals surface area contributed by atoms with Crippen molar-refractivity contribution in [1.82, 2.24) is 10.6 Å². The van der Waals surface area contributed by atoms with Gasteiger partial charge < -0.3 is 27.2 Å². The van der Waals surface area contributed by atoms with Crippen LogP contribution in [0.4, 0.5) is 0 Å². The number of amides is 2. The minimum Gasteiger partial charge on any atom is -0.392 e. The number of hydrogen-bond acceptors (Lipinski definition) is 4. The molecule has 7 N–H and O–H groups in total. The summed E-state index contributed by atoms with van der Waals surface area (Å²) in [5, 5.41) is 15.1. The molecule has 3 rings (SSSR count). The average Bonchev–Trinajstić information content (AvgIpc) is 2.90. The van der Waals surface area contributed by atoms with Crippen LogP contribution in [0.3, 0.4) is 0 Å². The van der Waals surface area contributed by atoms with E-state index in [-0.39, 0.29) is 24.4 Å². The van der Waals surface area contributed by atoms with Crippen molar-refractivity contribution in [2.75, 3.05) is 6.54 Å². The Balaban J connectivity index is 1.76. The molecule has 0 heterocycles. The van der Waals surface area contributed by atoms with E-state index < -0.39 is 12.0 Å². The number of carbonyl (C=O) groups is 2. The highest BCUT2D eigenvalue weighted by molar-refractivity contribution is 5.92. The van der Waals surface area contributed by atoms with E-state index >= 15 is 0 Å². The number of carbonyl (C=O) groups excluding carboxylic acids is 2.